The Morgan fingerprint density at radius 1 is 1.18 bits per heavy atom. The molecule has 172 valence electrons. The summed E-state index contributed by atoms with van der Waals surface area (Å²) in [6, 6.07) is 13.4. The molecule has 34 heavy (non-hydrogen) atoms. The van der Waals surface area contributed by atoms with Crippen molar-refractivity contribution in [3.05, 3.63) is 76.9 Å². The van der Waals surface area contributed by atoms with E-state index in [4.69, 9.17) is 4.42 Å². The minimum atomic E-state index is -0.319. The van der Waals surface area contributed by atoms with Crippen LogP contribution in [-0.2, 0) is 0 Å². The van der Waals surface area contributed by atoms with E-state index in [1.54, 1.807) is 36.6 Å². The summed E-state index contributed by atoms with van der Waals surface area (Å²) in [5.41, 5.74) is 2.40. The summed E-state index contributed by atoms with van der Waals surface area (Å²) >= 11 is 1.43. The maximum atomic E-state index is 13.7. The van der Waals surface area contributed by atoms with Crippen LogP contribution in [-0.4, -0.2) is 40.3 Å². The van der Waals surface area contributed by atoms with E-state index in [0.717, 1.165) is 33.7 Å². The van der Waals surface area contributed by atoms with Crippen molar-refractivity contribution in [2.75, 3.05) is 6.54 Å². The molecule has 0 radical (unpaired) electrons. The number of hydrogen-bond donors (Lipinski definition) is 1. The summed E-state index contributed by atoms with van der Waals surface area (Å²) in [7, 11) is 0. The van der Waals surface area contributed by atoms with Gasteiger partial charge in [0.2, 0.25) is 0 Å². The molecule has 3 atom stereocenters. The van der Waals surface area contributed by atoms with Gasteiger partial charge in [-0.15, -0.1) is 11.3 Å². The molecule has 2 fully saturated rings. The van der Waals surface area contributed by atoms with Crippen LogP contribution in [0, 0.1) is 18.7 Å². The second-order valence-corrected chi connectivity index (χ2v) is 10.1. The van der Waals surface area contributed by atoms with E-state index < -0.39 is 0 Å². The van der Waals surface area contributed by atoms with Crippen molar-refractivity contribution in [1.29, 1.82) is 0 Å². The highest BCUT2D eigenvalue weighted by Crippen LogP contribution is 2.48. The standard InChI is InChI=1S/C26H22FN3O3S/c1-14-29-23(24(34-14)15-5-7-17(27)8-6-15)26(32)30-18(11-16-12-21(16)30)13-28-25(31)20-3-2-4-22-19(20)9-10-33-22/h2-10,16,18,21H,11-13H2,1H3,(H,28,31)/t16?,18-,21?/m0/s1. The number of fused-ring (bicyclic) bond motifs is 2. The van der Waals surface area contributed by atoms with E-state index in [2.05, 4.69) is 10.3 Å². The summed E-state index contributed by atoms with van der Waals surface area (Å²) in [6.45, 7) is 2.24. The molecule has 0 bridgehead atoms. The molecule has 1 N–H and O–H groups in total. The van der Waals surface area contributed by atoms with Crippen molar-refractivity contribution in [2.24, 2.45) is 5.92 Å². The number of piperidine rings is 1. The Morgan fingerprint density at radius 2 is 2.00 bits per heavy atom. The van der Waals surface area contributed by atoms with Crippen molar-refractivity contribution in [1.82, 2.24) is 15.2 Å². The van der Waals surface area contributed by atoms with Gasteiger partial charge in [-0.1, -0.05) is 18.2 Å². The lowest BCUT2D eigenvalue weighted by Gasteiger charge is -2.27. The summed E-state index contributed by atoms with van der Waals surface area (Å²) in [5, 5.41) is 4.58. The van der Waals surface area contributed by atoms with Gasteiger partial charge in [0.1, 0.15) is 17.1 Å². The predicted molar refractivity (Wildman–Crippen MR) is 127 cm³/mol. The number of carbonyl (C=O) groups excluding carboxylic acids is 2. The molecule has 2 aliphatic rings. The highest BCUT2D eigenvalue weighted by Gasteiger charge is 2.54. The third-order valence-corrected chi connectivity index (χ3v) is 7.75. The van der Waals surface area contributed by atoms with E-state index >= 15 is 0 Å². The molecular weight excluding hydrogens is 453 g/mol. The fourth-order valence-corrected chi connectivity index (χ4v) is 5.96. The van der Waals surface area contributed by atoms with Crippen LogP contribution in [0.4, 0.5) is 4.39 Å². The molecule has 6 nitrogen and oxygen atoms in total. The second kappa shape index (κ2) is 8.06. The zero-order valence-corrected chi connectivity index (χ0v) is 19.3. The molecule has 8 heteroatoms. The van der Waals surface area contributed by atoms with Crippen molar-refractivity contribution in [3.8, 4) is 10.4 Å². The third kappa shape index (κ3) is 3.58. The van der Waals surface area contributed by atoms with Crippen molar-refractivity contribution in [2.45, 2.75) is 31.8 Å². The Balaban J connectivity index is 1.23. The van der Waals surface area contributed by atoms with Crippen LogP contribution in [0.25, 0.3) is 21.4 Å². The van der Waals surface area contributed by atoms with Gasteiger partial charge in [0, 0.05) is 18.0 Å². The maximum Gasteiger partial charge on any atom is 0.274 e. The highest BCUT2D eigenvalue weighted by molar-refractivity contribution is 7.15. The fraction of sp³-hybridized carbons (Fsp3) is 0.269. The van der Waals surface area contributed by atoms with Gasteiger partial charge >= 0.3 is 0 Å². The SMILES string of the molecule is Cc1nc(C(=O)N2C3CC3C[C@H]2CNC(=O)c2cccc3occc23)c(-c2ccc(F)cc2)s1. The molecule has 1 saturated carbocycles. The van der Waals surface area contributed by atoms with E-state index in [-0.39, 0.29) is 29.7 Å². The summed E-state index contributed by atoms with van der Waals surface area (Å²) < 4.78 is 18.8. The van der Waals surface area contributed by atoms with E-state index in [1.807, 2.05) is 17.9 Å². The molecule has 2 aromatic heterocycles. The number of hydrogen-bond acceptors (Lipinski definition) is 5. The normalized spacial score (nSPS) is 21.0. The average molecular weight is 476 g/mol. The number of amides is 2. The first kappa shape index (κ1) is 21.0. The van der Waals surface area contributed by atoms with E-state index in [0.29, 0.717) is 29.3 Å². The lowest BCUT2D eigenvalue weighted by atomic mass is 10.1. The van der Waals surface area contributed by atoms with Gasteiger partial charge in [-0.3, -0.25) is 9.59 Å². The molecule has 1 aliphatic carbocycles. The zero-order valence-electron chi connectivity index (χ0n) is 18.5. The quantitative estimate of drug-likeness (QED) is 0.439. The topological polar surface area (TPSA) is 75.4 Å². The lowest BCUT2D eigenvalue weighted by Crippen LogP contribution is -2.45. The highest BCUT2D eigenvalue weighted by atomic mass is 32.1. The molecule has 1 aliphatic heterocycles. The molecule has 3 heterocycles. The Kier molecular flexibility index (Phi) is 4.99. The smallest absolute Gasteiger partial charge is 0.274 e. The lowest BCUT2D eigenvalue weighted by molar-refractivity contribution is 0.0684. The second-order valence-electron chi connectivity index (χ2n) is 8.93. The van der Waals surface area contributed by atoms with Crippen molar-refractivity contribution >= 4 is 34.1 Å². The Morgan fingerprint density at radius 3 is 2.82 bits per heavy atom. The minimum Gasteiger partial charge on any atom is -0.464 e. The van der Waals surface area contributed by atoms with Gasteiger partial charge in [-0.05, 0) is 61.6 Å². The van der Waals surface area contributed by atoms with E-state index in [9.17, 15) is 14.0 Å². The number of aryl methyl sites for hydroxylation is 1. The zero-order chi connectivity index (χ0) is 23.4. The molecule has 1 saturated heterocycles. The first-order valence-corrected chi connectivity index (χ1v) is 12.1. The maximum absolute atomic E-state index is 13.7. The van der Waals surface area contributed by atoms with Crippen LogP contribution in [0.15, 0.2) is 59.2 Å². The Bertz CT molecular complexity index is 1410. The summed E-state index contributed by atoms with van der Waals surface area (Å²) in [6.07, 6.45) is 3.42. The van der Waals surface area contributed by atoms with Gasteiger partial charge in [-0.25, -0.2) is 9.37 Å². The first-order valence-electron chi connectivity index (χ1n) is 11.3. The Hall–Kier alpha value is -3.52. The van der Waals surface area contributed by atoms with Crippen LogP contribution in [0.2, 0.25) is 0 Å². The molecule has 6 rings (SSSR count). The first-order chi connectivity index (χ1) is 16.5. The number of furan rings is 1. The van der Waals surface area contributed by atoms with Gasteiger partial charge in [0.25, 0.3) is 11.8 Å². The van der Waals surface area contributed by atoms with Gasteiger partial charge in [0.15, 0.2) is 0 Å². The minimum absolute atomic E-state index is 0.0909. The van der Waals surface area contributed by atoms with Crippen LogP contribution < -0.4 is 5.32 Å². The molecule has 2 amide bonds. The number of thiazole rings is 1. The van der Waals surface area contributed by atoms with Crippen LogP contribution >= 0.6 is 11.3 Å². The number of halogens is 1. The van der Waals surface area contributed by atoms with Gasteiger partial charge < -0.3 is 14.6 Å². The molecular formula is C26H22FN3O3S. The van der Waals surface area contributed by atoms with Crippen LogP contribution in [0.3, 0.4) is 0 Å². The average Bonchev–Trinajstić information content (AvgIpc) is 3.18. The summed E-state index contributed by atoms with van der Waals surface area (Å²) in [4.78, 5) is 33.8. The van der Waals surface area contributed by atoms with Gasteiger partial charge in [0.05, 0.1) is 27.8 Å². The number of carbonyl (C=O) groups is 2. The number of rotatable bonds is 5. The third-order valence-electron chi connectivity index (χ3n) is 6.73. The number of benzene rings is 2. The van der Waals surface area contributed by atoms with E-state index in [1.165, 1.54) is 23.5 Å². The molecule has 4 aromatic rings. The van der Waals surface area contributed by atoms with Crippen molar-refractivity contribution < 1.29 is 18.4 Å². The molecule has 2 aromatic carbocycles. The van der Waals surface area contributed by atoms with Crippen LogP contribution in [0.5, 0.6) is 0 Å². The number of likely N-dealkylation sites (tertiary alicyclic amines) is 1. The monoisotopic (exact) mass is 475 g/mol. The number of nitrogens with zero attached hydrogens (tertiary/aromatic N) is 2. The predicted octanol–water partition coefficient (Wildman–Crippen LogP) is 5.04. The van der Waals surface area contributed by atoms with Crippen molar-refractivity contribution in [3.63, 3.8) is 0 Å². The molecule has 0 spiro atoms. The molecule has 2 unspecified atom stereocenters. The van der Waals surface area contributed by atoms with Crippen LogP contribution in [0.1, 0.15) is 38.7 Å². The summed E-state index contributed by atoms with van der Waals surface area (Å²) in [5.74, 6) is -0.154. The number of aromatic nitrogens is 1. The fourth-order valence-electron chi connectivity index (χ4n) is 5.05. The Labute approximate surface area is 199 Å². The number of nitrogens with one attached hydrogen (secondary N) is 1. The van der Waals surface area contributed by atoms with Gasteiger partial charge in [-0.2, -0.15) is 0 Å². The largest absolute Gasteiger partial charge is 0.464 e.